The first-order valence-corrected chi connectivity index (χ1v) is 9.56. The standard InChI is InChI=1S/C21H23N3O4/c1-10-7-13-8-12(3-4-14(10)13)16(25)19-17(26)18(27)21(28-19)24-6-5-15-11(2)22-9-23-20(15)24/h3-6,8-10,16-19,21,25-27H,7H2,1-2H3/t10?,16-,17+,18-,19-,21-/m1/s1. The predicted molar refractivity (Wildman–Crippen MR) is 102 cm³/mol. The summed E-state index contributed by atoms with van der Waals surface area (Å²) in [5, 5.41) is 32.9. The summed E-state index contributed by atoms with van der Waals surface area (Å²) in [6, 6.07) is 7.72. The number of rotatable bonds is 3. The van der Waals surface area contributed by atoms with Crippen LogP contribution >= 0.6 is 0 Å². The van der Waals surface area contributed by atoms with Gasteiger partial charge in [0.15, 0.2) is 6.23 Å². The highest BCUT2D eigenvalue weighted by Crippen LogP contribution is 2.40. The van der Waals surface area contributed by atoms with E-state index in [-0.39, 0.29) is 0 Å². The maximum atomic E-state index is 10.9. The topological polar surface area (TPSA) is 101 Å². The highest BCUT2D eigenvalue weighted by atomic mass is 16.6. The first-order valence-electron chi connectivity index (χ1n) is 9.56. The molecule has 146 valence electrons. The number of hydrogen-bond acceptors (Lipinski definition) is 6. The van der Waals surface area contributed by atoms with E-state index in [1.807, 2.05) is 31.2 Å². The summed E-state index contributed by atoms with van der Waals surface area (Å²) < 4.78 is 7.64. The fourth-order valence-electron chi connectivity index (χ4n) is 4.44. The normalized spacial score (nSPS) is 30.2. The third-order valence-electron chi connectivity index (χ3n) is 6.13. The van der Waals surface area contributed by atoms with Crippen molar-refractivity contribution in [3.8, 4) is 0 Å². The maximum Gasteiger partial charge on any atom is 0.164 e. The number of ether oxygens (including phenoxy) is 1. The molecule has 2 aliphatic rings. The number of aliphatic hydroxyl groups is 3. The van der Waals surface area contributed by atoms with Crippen LogP contribution in [0.25, 0.3) is 11.0 Å². The van der Waals surface area contributed by atoms with Gasteiger partial charge < -0.3 is 24.6 Å². The summed E-state index contributed by atoms with van der Waals surface area (Å²) >= 11 is 0. The van der Waals surface area contributed by atoms with Crippen molar-refractivity contribution in [3.63, 3.8) is 0 Å². The molecule has 5 rings (SSSR count). The van der Waals surface area contributed by atoms with Gasteiger partial charge in [-0.05, 0) is 42.0 Å². The Morgan fingerprint density at radius 2 is 2.00 bits per heavy atom. The van der Waals surface area contributed by atoms with Crippen molar-refractivity contribution in [3.05, 3.63) is 59.2 Å². The predicted octanol–water partition coefficient (Wildman–Crippen LogP) is 1.75. The molecule has 2 aromatic heterocycles. The highest BCUT2D eigenvalue weighted by Gasteiger charge is 2.47. The van der Waals surface area contributed by atoms with Crippen LogP contribution in [0.15, 0.2) is 36.8 Å². The summed E-state index contributed by atoms with van der Waals surface area (Å²) in [4.78, 5) is 8.46. The second kappa shape index (κ2) is 6.35. The molecule has 28 heavy (non-hydrogen) atoms. The molecule has 0 bridgehead atoms. The van der Waals surface area contributed by atoms with E-state index in [0.717, 1.165) is 17.5 Å². The Bertz CT molecular complexity index is 1050. The summed E-state index contributed by atoms with van der Waals surface area (Å²) in [5.41, 5.74) is 4.66. The molecule has 6 atom stereocenters. The average Bonchev–Trinajstić information content (AvgIpc) is 3.23. The molecule has 7 heteroatoms. The Balaban J connectivity index is 1.44. The van der Waals surface area contributed by atoms with Crippen LogP contribution in [0, 0.1) is 6.92 Å². The van der Waals surface area contributed by atoms with Gasteiger partial charge in [0.1, 0.15) is 36.4 Å². The van der Waals surface area contributed by atoms with Gasteiger partial charge in [-0.1, -0.05) is 25.1 Å². The third kappa shape index (κ3) is 2.51. The van der Waals surface area contributed by atoms with Crippen molar-refractivity contribution >= 4 is 11.0 Å². The number of aromatic nitrogens is 3. The van der Waals surface area contributed by atoms with Gasteiger partial charge in [0.25, 0.3) is 0 Å². The van der Waals surface area contributed by atoms with E-state index in [4.69, 9.17) is 4.74 Å². The Kier molecular flexibility index (Phi) is 4.03. The van der Waals surface area contributed by atoms with E-state index in [0.29, 0.717) is 17.1 Å². The molecule has 7 nitrogen and oxygen atoms in total. The molecule has 1 unspecified atom stereocenters. The fraction of sp³-hybridized carbons (Fsp3) is 0.429. The van der Waals surface area contributed by atoms with Gasteiger partial charge in [-0.3, -0.25) is 0 Å². The molecule has 0 radical (unpaired) electrons. The van der Waals surface area contributed by atoms with E-state index in [2.05, 4.69) is 16.9 Å². The lowest BCUT2D eigenvalue weighted by molar-refractivity contribution is -0.0848. The fourth-order valence-corrected chi connectivity index (χ4v) is 4.44. The lowest BCUT2D eigenvalue weighted by Gasteiger charge is -2.29. The van der Waals surface area contributed by atoms with Crippen molar-refractivity contribution < 1.29 is 20.1 Å². The lowest BCUT2D eigenvalue weighted by atomic mass is 9.77. The first kappa shape index (κ1) is 17.8. The van der Waals surface area contributed by atoms with Gasteiger partial charge >= 0.3 is 0 Å². The molecular weight excluding hydrogens is 358 g/mol. The Morgan fingerprint density at radius 1 is 1.18 bits per heavy atom. The van der Waals surface area contributed by atoms with Gasteiger partial charge in [0, 0.05) is 11.6 Å². The average molecular weight is 381 g/mol. The van der Waals surface area contributed by atoms with Gasteiger partial charge in [0.2, 0.25) is 0 Å². The second-order valence-corrected chi connectivity index (χ2v) is 7.90. The number of aryl methyl sites for hydroxylation is 1. The van der Waals surface area contributed by atoms with Crippen LogP contribution in [-0.2, 0) is 11.2 Å². The Labute approximate surface area is 162 Å². The van der Waals surface area contributed by atoms with Crippen molar-refractivity contribution in [1.29, 1.82) is 0 Å². The van der Waals surface area contributed by atoms with Crippen LogP contribution < -0.4 is 0 Å². The van der Waals surface area contributed by atoms with Gasteiger partial charge in [-0.15, -0.1) is 0 Å². The minimum absolute atomic E-state index is 0.549. The maximum absolute atomic E-state index is 10.9. The van der Waals surface area contributed by atoms with Crippen LogP contribution in [-0.4, -0.2) is 48.2 Å². The smallest absolute Gasteiger partial charge is 0.164 e. The summed E-state index contributed by atoms with van der Waals surface area (Å²) in [6.45, 7) is 4.06. The Hall–Kier alpha value is -2.32. The van der Waals surface area contributed by atoms with Crippen LogP contribution in [0.1, 0.15) is 47.6 Å². The number of aliphatic hydroxyl groups excluding tert-OH is 3. The van der Waals surface area contributed by atoms with E-state index in [1.165, 1.54) is 17.5 Å². The van der Waals surface area contributed by atoms with E-state index < -0.39 is 30.6 Å². The Morgan fingerprint density at radius 3 is 2.75 bits per heavy atom. The molecule has 1 aromatic carbocycles. The minimum atomic E-state index is -1.22. The van der Waals surface area contributed by atoms with Crippen LogP contribution in [0.4, 0.5) is 0 Å². The minimum Gasteiger partial charge on any atom is -0.387 e. The molecule has 1 aliphatic heterocycles. The van der Waals surface area contributed by atoms with E-state index in [9.17, 15) is 15.3 Å². The summed E-state index contributed by atoms with van der Waals surface area (Å²) in [7, 11) is 0. The zero-order valence-electron chi connectivity index (χ0n) is 15.7. The van der Waals surface area contributed by atoms with Crippen LogP contribution in [0.2, 0.25) is 0 Å². The zero-order valence-corrected chi connectivity index (χ0v) is 15.7. The molecule has 3 aromatic rings. The number of benzene rings is 1. The van der Waals surface area contributed by atoms with Crippen LogP contribution in [0.5, 0.6) is 0 Å². The molecule has 0 spiro atoms. The summed E-state index contributed by atoms with van der Waals surface area (Å²) in [6.07, 6.45) is -1.00. The molecule has 1 aliphatic carbocycles. The molecule has 1 fully saturated rings. The van der Waals surface area contributed by atoms with Gasteiger partial charge in [0.05, 0.1) is 5.69 Å². The van der Waals surface area contributed by atoms with Crippen molar-refractivity contribution in [1.82, 2.24) is 14.5 Å². The number of hydrogen-bond donors (Lipinski definition) is 3. The summed E-state index contributed by atoms with van der Waals surface area (Å²) in [5.74, 6) is 0.549. The van der Waals surface area contributed by atoms with Crippen molar-refractivity contribution in [2.24, 2.45) is 0 Å². The first-order chi connectivity index (χ1) is 13.5. The number of fused-ring (bicyclic) bond motifs is 2. The quantitative estimate of drug-likeness (QED) is 0.639. The van der Waals surface area contributed by atoms with Crippen molar-refractivity contribution in [2.75, 3.05) is 0 Å². The van der Waals surface area contributed by atoms with Gasteiger partial charge in [-0.25, -0.2) is 9.97 Å². The lowest BCUT2D eigenvalue weighted by Crippen LogP contribution is -2.35. The monoisotopic (exact) mass is 381 g/mol. The van der Waals surface area contributed by atoms with E-state index >= 15 is 0 Å². The zero-order chi connectivity index (χ0) is 19.6. The largest absolute Gasteiger partial charge is 0.387 e. The molecule has 1 saturated heterocycles. The molecular formula is C21H23N3O4. The number of nitrogens with zero attached hydrogens (tertiary/aromatic N) is 3. The molecule has 3 N–H and O–H groups in total. The third-order valence-corrected chi connectivity index (χ3v) is 6.13. The highest BCUT2D eigenvalue weighted by molar-refractivity contribution is 5.78. The van der Waals surface area contributed by atoms with Gasteiger partial charge in [-0.2, -0.15) is 0 Å². The SMILES string of the molecule is Cc1ncnc2c1ccn2[C@@H]1O[C@H]([C@H](O)c2ccc3c(c2)CC3C)[C@@H](O)[C@H]1O. The van der Waals surface area contributed by atoms with Crippen LogP contribution in [0.3, 0.4) is 0 Å². The second-order valence-electron chi connectivity index (χ2n) is 7.90. The molecule has 0 saturated carbocycles. The molecule has 0 amide bonds. The molecule has 3 heterocycles. The van der Waals surface area contributed by atoms with E-state index in [1.54, 1.807) is 10.8 Å². The van der Waals surface area contributed by atoms with Crippen molar-refractivity contribution in [2.45, 2.75) is 56.8 Å².